The number of hydrogen-bond donors (Lipinski definition) is 2. The van der Waals surface area contributed by atoms with E-state index < -0.39 is 0 Å². The van der Waals surface area contributed by atoms with Gasteiger partial charge in [-0.25, -0.2) is 4.79 Å². The fraction of sp³-hybridized carbons (Fsp3) is 0.192. The monoisotopic (exact) mass is 507 g/mol. The fourth-order valence-corrected chi connectivity index (χ4v) is 4.63. The van der Waals surface area contributed by atoms with Gasteiger partial charge in [-0.15, -0.1) is 10.2 Å². The third-order valence-electron chi connectivity index (χ3n) is 5.30. The van der Waals surface area contributed by atoms with Gasteiger partial charge in [0, 0.05) is 22.5 Å². The lowest BCUT2D eigenvalue weighted by atomic mass is 10.2. The smallest absolute Gasteiger partial charge is 0.319 e. The van der Waals surface area contributed by atoms with Crippen LogP contribution < -0.4 is 15.4 Å². The predicted octanol–water partition coefficient (Wildman–Crippen LogP) is 6.16. The molecule has 0 radical (unpaired) electrons. The Hall–Kier alpha value is -3.49. The number of amides is 2. The molecule has 0 saturated carbocycles. The number of thioether (sulfide) groups is 1. The van der Waals surface area contributed by atoms with E-state index in [2.05, 4.69) is 46.0 Å². The Kier molecular flexibility index (Phi) is 7.94. The van der Waals surface area contributed by atoms with E-state index in [1.165, 1.54) is 11.1 Å². The topological polar surface area (TPSA) is 81.1 Å². The summed E-state index contributed by atoms with van der Waals surface area (Å²) in [7, 11) is 1.58. The molecule has 180 valence electrons. The van der Waals surface area contributed by atoms with Crippen LogP contribution in [-0.4, -0.2) is 27.9 Å². The average Bonchev–Trinajstić information content (AvgIpc) is 3.25. The minimum atomic E-state index is -0.357. The van der Waals surface area contributed by atoms with Crippen LogP contribution in [0.1, 0.15) is 22.5 Å². The van der Waals surface area contributed by atoms with Crippen molar-refractivity contribution in [2.75, 3.05) is 12.4 Å². The summed E-state index contributed by atoms with van der Waals surface area (Å²) in [6.07, 6.45) is 0. The number of nitrogens with zero attached hydrogens (tertiary/aromatic N) is 3. The molecule has 2 N–H and O–H groups in total. The zero-order valence-corrected chi connectivity index (χ0v) is 21.3. The Labute approximate surface area is 213 Å². The van der Waals surface area contributed by atoms with Crippen molar-refractivity contribution < 1.29 is 9.53 Å². The van der Waals surface area contributed by atoms with Gasteiger partial charge in [-0.05, 0) is 49.2 Å². The third kappa shape index (κ3) is 6.35. The number of urea groups is 1. The molecule has 0 fully saturated rings. The van der Waals surface area contributed by atoms with Gasteiger partial charge in [0.15, 0.2) is 11.0 Å². The van der Waals surface area contributed by atoms with Gasteiger partial charge in [-0.2, -0.15) is 0 Å². The van der Waals surface area contributed by atoms with Crippen molar-refractivity contribution in [2.45, 2.75) is 31.3 Å². The van der Waals surface area contributed by atoms with Gasteiger partial charge in [0.2, 0.25) is 0 Å². The Morgan fingerprint density at radius 2 is 1.89 bits per heavy atom. The summed E-state index contributed by atoms with van der Waals surface area (Å²) in [5.41, 5.74) is 4.93. The molecule has 0 saturated heterocycles. The van der Waals surface area contributed by atoms with Gasteiger partial charge in [0.25, 0.3) is 0 Å². The molecule has 0 aliphatic rings. The molecule has 1 aromatic heterocycles. The summed E-state index contributed by atoms with van der Waals surface area (Å²) in [4.78, 5) is 12.6. The first-order valence-corrected chi connectivity index (χ1v) is 12.4. The molecule has 0 aliphatic carbocycles. The molecule has 0 atom stereocenters. The maximum absolute atomic E-state index is 12.6. The highest BCUT2D eigenvalue weighted by Crippen LogP contribution is 2.28. The molecule has 2 amide bonds. The van der Waals surface area contributed by atoms with E-state index in [1.54, 1.807) is 31.0 Å². The summed E-state index contributed by atoms with van der Waals surface area (Å²) in [6, 6.07) is 20.9. The Bertz CT molecular complexity index is 1340. The first kappa shape index (κ1) is 24.6. The van der Waals surface area contributed by atoms with Gasteiger partial charge in [-0.3, -0.25) is 4.57 Å². The van der Waals surface area contributed by atoms with Crippen LogP contribution >= 0.6 is 23.4 Å². The molecular weight excluding hydrogens is 482 g/mol. The van der Waals surface area contributed by atoms with Gasteiger partial charge < -0.3 is 15.4 Å². The number of ether oxygens (including phenoxy) is 1. The van der Waals surface area contributed by atoms with E-state index in [9.17, 15) is 4.79 Å². The van der Waals surface area contributed by atoms with Crippen molar-refractivity contribution in [1.82, 2.24) is 20.1 Å². The van der Waals surface area contributed by atoms with Crippen LogP contribution in [-0.2, 0) is 12.3 Å². The first-order valence-electron chi connectivity index (χ1n) is 11.0. The molecule has 9 heteroatoms. The number of nitrogens with one attached hydrogen (secondary N) is 2. The largest absolute Gasteiger partial charge is 0.497 e. The molecular formula is C26H26ClN5O2S. The summed E-state index contributed by atoms with van der Waals surface area (Å²) in [5, 5.41) is 15.8. The molecule has 1 heterocycles. The second-order valence-electron chi connectivity index (χ2n) is 7.98. The van der Waals surface area contributed by atoms with Crippen LogP contribution in [0.5, 0.6) is 5.75 Å². The van der Waals surface area contributed by atoms with Crippen molar-refractivity contribution in [3.8, 4) is 11.4 Å². The molecule has 7 nitrogen and oxygen atoms in total. The second kappa shape index (κ2) is 11.3. The highest BCUT2D eigenvalue weighted by atomic mass is 35.5. The van der Waals surface area contributed by atoms with E-state index in [0.29, 0.717) is 22.3 Å². The standard InChI is InChI=1S/C26H26ClN5O2S/c1-17-6-4-7-19(12-17)16-35-26-31-30-24(32(26)23-13-20(27)11-10-18(23)2)15-28-25(33)29-21-8-5-9-22(14-21)34-3/h4-14H,15-16H2,1-3H3,(H2,28,29,33). The molecule has 0 aliphatic heterocycles. The van der Waals surface area contributed by atoms with Crippen LogP contribution in [0.4, 0.5) is 10.5 Å². The fourth-order valence-electron chi connectivity index (χ4n) is 3.56. The normalized spacial score (nSPS) is 10.7. The van der Waals surface area contributed by atoms with Crippen LogP contribution in [0.2, 0.25) is 5.02 Å². The van der Waals surface area contributed by atoms with E-state index >= 15 is 0 Å². The average molecular weight is 508 g/mol. The second-order valence-corrected chi connectivity index (χ2v) is 9.36. The van der Waals surface area contributed by atoms with Crippen molar-refractivity contribution in [3.63, 3.8) is 0 Å². The minimum Gasteiger partial charge on any atom is -0.497 e. The van der Waals surface area contributed by atoms with Gasteiger partial charge in [-0.1, -0.05) is 65.3 Å². The van der Waals surface area contributed by atoms with Gasteiger partial charge in [0.05, 0.1) is 19.3 Å². The molecule has 0 spiro atoms. The number of hydrogen-bond acceptors (Lipinski definition) is 5. The van der Waals surface area contributed by atoms with Crippen LogP contribution in [0.3, 0.4) is 0 Å². The van der Waals surface area contributed by atoms with Crippen molar-refractivity contribution in [3.05, 3.63) is 94.3 Å². The molecule has 3 aromatic carbocycles. The van der Waals surface area contributed by atoms with Crippen LogP contribution in [0.15, 0.2) is 71.9 Å². The molecule has 4 rings (SSSR count). The van der Waals surface area contributed by atoms with Crippen molar-refractivity contribution in [1.29, 1.82) is 0 Å². The summed E-state index contributed by atoms with van der Waals surface area (Å²) in [6.45, 7) is 4.26. The Morgan fingerprint density at radius 1 is 1.06 bits per heavy atom. The quantitative estimate of drug-likeness (QED) is 0.279. The lowest BCUT2D eigenvalue weighted by Crippen LogP contribution is -2.29. The first-order chi connectivity index (χ1) is 16.9. The number of aromatic nitrogens is 3. The van der Waals surface area contributed by atoms with Gasteiger partial charge in [0.1, 0.15) is 5.75 Å². The number of benzene rings is 3. The molecule has 4 aromatic rings. The number of methoxy groups -OCH3 is 1. The number of halogens is 1. The zero-order valence-electron chi connectivity index (χ0n) is 19.7. The molecule has 0 bridgehead atoms. The van der Waals surface area contributed by atoms with Gasteiger partial charge >= 0.3 is 6.03 Å². The lowest BCUT2D eigenvalue weighted by Gasteiger charge is -2.14. The van der Waals surface area contributed by atoms with Crippen LogP contribution in [0.25, 0.3) is 5.69 Å². The number of aryl methyl sites for hydroxylation is 2. The Morgan fingerprint density at radius 3 is 2.69 bits per heavy atom. The SMILES string of the molecule is COc1cccc(NC(=O)NCc2nnc(SCc3cccc(C)c3)n2-c2cc(Cl)ccc2C)c1. The highest BCUT2D eigenvalue weighted by Gasteiger charge is 2.17. The minimum absolute atomic E-state index is 0.180. The summed E-state index contributed by atoms with van der Waals surface area (Å²) in [5.74, 6) is 2.00. The van der Waals surface area contributed by atoms with Crippen molar-refractivity contribution in [2.24, 2.45) is 0 Å². The summed E-state index contributed by atoms with van der Waals surface area (Å²) < 4.78 is 7.16. The van der Waals surface area contributed by atoms with E-state index in [0.717, 1.165) is 22.2 Å². The number of carbonyl (C=O) groups excluding carboxylic acids is 1. The predicted molar refractivity (Wildman–Crippen MR) is 141 cm³/mol. The van der Waals surface area contributed by atoms with E-state index in [4.69, 9.17) is 16.3 Å². The lowest BCUT2D eigenvalue weighted by molar-refractivity contribution is 0.251. The maximum atomic E-state index is 12.6. The zero-order chi connectivity index (χ0) is 24.8. The number of carbonyl (C=O) groups is 1. The van der Waals surface area contributed by atoms with Crippen LogP contribution in [0, 0.1) is 13.8 Å². The molecule has 0 unspecified atom stereocenters. The molecule has 35 heavy (non-hydrogen) atoms. The number of anilines is 1. The summed E-state index contributed by atoms with van der Waals surface area (Å²) >= 11 is 7.90. The Balaban J connectivity index is 1.55. The van der Waals surface area contributed by atoms with E-state index in [1.807, 2.05) is 47.9 Å². The number of rotatable bonds is 8. The third-order valence-corrected chi connectivity index (χ3v) is 6.53. The van der Waals surface area contributed by atoms with E-state index in [-0.39, 0.29) is 12.6 Å². The maximum Gasteiger partial charge on any atom is 0.319 e. The van der Waals surface area contributed by atoms with Crippen molar-refractivity contribution >= 4 is 35.1 Å². The highest BCUT2D eigenvalue weighted by molar-refractivity contribution is 7.98.